The van der Waals surface area contributed by atoms with Gasteiger partial charge in [-0.1, -0.05) is 64.5 Å². The Morgan fingerprint density at radius 3 is 2.90 bits per heavy atom. The lowest BCUT2D eigenvalue weighted by Gasteiger charge is -2.06. The van der Waals surface area contributed by atoms with Gasteiger partial charge in [-0.3, -0.25) is 4.99 Å². The zero-order valence-corrected chi connectivity index (χ0v) is 13.2. The molecule has 1 aromatic rings. The standard InChI is InChI=1S/C18H18BrN/c1-13-5-2-3-8-16(13)18-12-11-17(20-18)14-6-4-7-15(19)10-9-14/h2-6,8-10,17H,7,11-12H2,1H3. The number of benzene rings is 1. The molecule has 1 atom stereocenters. The molecule has 1 heterocycles. The van der Waals surface area contributed by atoms with E-state index in [1.165, 1.54) is 26.9 Å². The molecule has 1 nitrogen and oxygen atoms in total. The summed E-state index contributed by atoms with van der Waals surface area (Å²) < 4.78 is 1.23. The molecule has 1 aliphatic heterocycles. The third-order valence-corrected chi connectivity index (χ3v) is 4.47. The number of nitrogens with zero attached hydrogens (tertiary/aromatic N) is 1. The highest BCUT2D eigenvalue weighted by atomic mass is 79.9. The van der Waals surface area contributed by atoms with Crippen molar-refractivity contribution in [1.82, 2.24) is 0 Å². The third kappa shape index (κ3) is 2.85. The molecule has 0 aromatic heterocycles. The van der Waals surface area contributed by atoms with E-state index in [2.05, 4.69) is 71.4 Å². The van der Waals surface area contributed by atoms with Crippen molar-refractivity contribution in [2.24, 2.45) is 4.99 Å². The van der Waals surface area contributed by atoms with Crippen LogP contribution in [0, 0.1) is 6.92 Å². The Balaban J connectivity index is 1.87. The highest BCUT2D eigenvalue weighted by Crippen LogP contribution is 2.27. The molecule has 1 aliphatic carbocycles. The first-order valence-electron chi connectivity index (χ1n) is 7.09. The smallest absolute Gasteiger partial charge is 0.0756 e. The number of allylic oxidation sites excluding steroid dienone is 4. The summed E-state index contributed by atoms with van der Waals surface area (Å²) >= 11 is 3.56. The highest BCUT2D eigenvalue weighted by Gasteiger charge is 2.21. The van der Waals surface area contributed by atoms with Gasteiger partial charge < -0.3 is 0 Å². The van der Waals surface area contributed by atoms with Gasteiger partial charge in [0.25, 0.3) is 0 Å². The van der Waals surface area contributed by atoms with Crippen molar-refractivity contribution in [3.63, 3.8) is 0 Å². The molecule has 0 amide bonds. The fraction of sp³-hybridized carbons (Fsp3) is 0.278. The molecule has 0 saturated heterocycles. The van der Waals surface area contributed by atoms with Crippen molar-refractivity contribution < 1.29 is 0 Å². The van der Waals surface area contributed by atoms with E-state index in [1.54, 1.807) is 0 Å². The van der Waals surface area contributed by atoms with Gasteiger partial charge in [0.2, 0.25) is 0 Å². The van der Waals surface area contributed by atoms with Crippen LogP contribution in [-0.2, 0) is 0 Å². The molecule has 1 aromatic carbocycles. The van der Waals surface area contributed by atoms with Crippen LogP contribution in [0.2, 0.25) is 0 Å². The summed E-state index contributed by atoms with van der Waals surface area (Å²) in [6.45, 7) is 2.16. The van der Waals surface area contributed by atoms with Gasteiger partial charge in [0.15, 0.2) is 0 Å². The van der Waals surface area contributed by atoms with Crippen LogP contribution in [0.25, 0.3) is 0 Å². The Morgan fingerprint density at radius 2 is 2.05 bits per heavy atom. The molecule has 102 valence electrons. The molecular weight excluding hydrogens is 310 g/mol. The van der Waals surface area contributed by atoms with Crippen molar-refractivity contribution in [2.45, 2.75) is 32.2 Å². The van der Waals surface area contributed by atoms with E-state index < -0.39 is 0 Å². The largest absolute Gasteiger partial charge is 0.281 e. The van der Waals surface area contributed by atoms with Gasteiger partial charge in [-0.15, -0.1) is 0 Å². The summed E-state index contributed by atoms with van der Waals surface area (Å²) in [6.07, 6.45) is 11.9. The first kappa shape index (κ1) is 13.6. The lowest BCUT2D eigenvalue weighted by Crippen LogP contribution is -2.01. The highest BCUT2D eigenvalue weighted by molar-refractivity contribution is 9.11. The van der Waals surface area contributed by atoms with E-state index in [4.69, 9.17) is 4.99 Å². The van der Waals surface area contributed by atoms with Gasteiger partial charge in [0.05, 0.1) is 6.04 Å². The molecule has 0 bridgehead atoms. The van der Waals surface area contributed by atoms with Crippen molar-refractivity contribution in [2.75, 3.05) is 0 Å². The predicted octanol–water partition coefficient (Wildman–Crippen LogP) is 5.11. The molecule has 0 radical (unpaired) electrons. The monoisotopic (exact) mass is 327 g/mol. The second-order valence-electron chi connectivity index (χ2n) is 5.33. The minimum absolute atomic E-state index is 0.315. The summed E-state index contributed by atoms with van der Waals surface area (Å²) in [5, 5.41) is 0. The average molecular weight is 328 g/mol. The van der Waals surface area contributed by atoms with Gasteiger partial charge in [0, 0.05) is 5.71 Å². The molecule has 2 heteroatoms. The molecule has 2 aliphatic rings. The van der Waals surface area contributed by atoms with E-state index in [1.807, 2.05) is 0 Å². The minimum atomic E-state index is 0.315. The number of aryl methyl sites for hydroxylation is 1. The normalized spacial score (nSPS) is 22.1. The van der Waals surface area contributed by atoms with E-state index >= 15 is 0 Å². The third-order valence-electron chi connectivity index (χ3n) is 3.89. The second kappa shape index (κ2) is 5.92. The Kier molecular flexibility index (Phi) is 4.02. The molecule has 3 rings (SSSR count). The lowest BCUT2D eigenvalue weighted by atomic mass is 10.0. The first-order valence-corrected chi connectivity index (χ1v) is 7.89. The second-order valence-corrected chi connectivity index (χ2v) is 6.35. The van der Waals surface area contributed by atoms with Gasteiger partial charge in [-0.2, -0.15) is 0 Å². The van der Waals surface area contributed by atoms with Crippen molar-refractivity contribution in [3.8, 4) is 0 Å². The molecule has 0 saturated carbocycles. The number of hydrogen-bond acceptors (Lipinski definition) is 1. The van der Waals surface area contributed by atoms with Crippen LogP contribution in [-0.4, -0.2) is 11.8 Å². The fourth-order valence-electron chi connectivity index (χ4n) is 2.77. The molecule has 0 N–H and O–H groups in total. The van der Waals surface area contributed by atoms with Crippen LogP contribution < -0.4 is 0 Å². The van der Waals surface area contributed by atoms with Crippen molar-refractivity contribution in [3.05, 3.63) is 69.8 Å². The van der Waals surface area contributed by atoms with Gasteiger partial charge in [-0.25, -0.2) is 0 Å². The van der Waals surface area contributed by atoms with E-state index in [0.717, 1.165) is 19.3 Å². The maximum absolute atomic E-state index is 4.96. The maximum atomic E-state index is 4.96. The van der Waals surface area contributed by atoms with Crippen LogP contribution in [0.3, 0.4) is 0 Å². The van der Waals surface area contributed by atoms with E-state index in [9.17, 15) is 0 Å². The number of aliphatic imine (C=N–C) groups is 1. The molecule has 1 unspecified atom stereocenters. The van der Waals surface area contributed by atoms with Crippen molar-refractivity contribution in [1.29, 1.82) is 0 Å². The number of halogens is 1. The zero-order valence-electron chi connectivity index (χ0n) is 11.6. The predicted molar refractivity (Wildman–Crippen MR) is 89.6 cm³/mol. The summed E-state index contributed by atoms with van der Waals surface area (Å²) in [4.78, 5) is 4.96. The van der Waals surface area contributed by atoms with Gasteiger partial charge in [0.1, 0.15) is 0 Å². The molecular formula is C18H18BrN. The van der Waals surface area contributed by atoms with Crippen LogP contribution in [0.5, 0.6) is 0 Å². The first-order chi connectivity index (χ1) is 9.74. The number of rotatable bonds is 2. The Morgan fingerprint density at radius 1 is 1.20 bits per heavy atom. The van der Waals surface area contributed by atoms with Crippen LogP contribution in [0.1, 0.15) is 30.4 Å². The summed E-state index contributed by atoms with van der Waals surface area (Å²) in [6, 6.07) is 8.85. The zero-order chi connectivity index (χ0) is 13.9. The number of hydrogen-bond donors (Lipinski definition) is 0. The summed E-state index contributed by atoms with van der Waals surface area (Å²) in [5.41, 5.74) is 5.21. The van der Waals surface area contributed by atoms with Crippen LogP contribution in [0.4, 0.5) is 0 Å². The van der Waals surface area contributed by atoms with Gasteiger partial charge in [-0.05, 0) is 47.4 Å². The summed E-state index contributed by atoms with van der Waals surface area (Å²) in [7, 11) is 0. The SMILES string of the molecule is Cc1ccccc1C1=NC(C2=CC=C(Br)CC=C2)CC1. The van der Waals surface area contributed by atoms with Crippen LogP contribution >= 0.6 is 15.9 Å². The van der Waals surface area contributed by atoms with E-state index in [-0.39, 0.29) is 0 Å². The molecule has 0 spiro atoms. The minimum Gasteiger partial charge on any atom is -0.281 e. The Labute approximate surface area is 128 Å². The molecule has 20 heavy (non-hydrogen) atoms. The van der Waals surface area contributed by atoms with E-state index in [0.29, 0.717) is 6.04 Å². The molecule has 0 fully saturated rings. The van der Waals surface area contributed by atoms with Crippen molar-refractivity contribution >= 4 is 21.6 Å². The lowest BCUT2D eigenvalue weighted by molar-refractivity contribution is 0.779. The fourth-order valence-corrected chi connectivity index (χ4v) is 3.09. The van der Waals surface area contributed by atoms with Crippen LogP contribution in [0.15, 0.2) is 63.6 Å². The topological polar surface area (TPSA) is 12.4 Å². The van der Waals surface area contributed by atoms with Gasteiger partial charge >= 0.3 is 0 Å². The summed E-state index contributed by atoms with van der Waals surface area (Å²) in [5.74, 6) is 0. The Hall–Kier alpha value is -1.41. The maximum Gasteiger partial charge on any atom is 0.0756 e. The average Bonchev–Trinajstić information content (AvgIpc) is 2.83. The quantitative estimate of drug-likeness (QED) is 0.715. The Bertz CT molecular complexity index is 635.